The van der Waals surface area contributed by atoms with Gasteiger partial charge in [0.1, 0.15) is 0 Å². The van der Waals surface area contributed by atoms with E-state index < -0.39 is 0 Å². The average molecular weight is 283 g/mol. The fourth-order valence-electron chi connectivity index (χ4n) is 2.58. The van der Waals surface area contributed by atoms with Crippen LogP contribution in [0.5, 0.6) is 0 Å². The topological polar surface area (TPSA) is 38.5 Å². The second-order valence-electron chi connectivity index (χ2n) is 5.60. The third-order valence-electron chi connectivity index (χ3n) is 3.50. The summed E-state index contributed by atoms with van der Waals surface area (Å²) in [4.78, 5) is 2.40. The van der Waals surface area contributed by atoms with Gasteiger partial charge in [-0.05, 0) is 51.0 Å². The van der Waals surface area contributed by atoms with Crippen LogP contribution in [0.4, 0.5) is 5.69 Å². The molecule has 2 N–H and O–H groups in total. The number of morpholine rings is 1. The Bertz CT molecular complexity index is 436. The van der Waals surface area contributed by atoms with Crippen LogP contribution in [0.3, 0.4) is 0 Å². The molecule has 3 unspecified atom stereocenters. The van der Waals surface area contributed by atoms with Gasteiger partial charge in [-0.3, -0.25) is 0 Å². The fraction of sp³-hybridized carbons (Fsp3) is 0.600. The molecule has 19 heavy (non-hydrogen) atoms. The molecule has 106 valence electrons. The van der Waals surface area contributed by atoms with E-state index >= 15 is 0 Å². The lowest BCUT2D eigenvalue weighted by Crippen LogP contribution is -2.47. The number of nitrogens with two attached hydrogens (primary N) is 1. The number of rotatable bonds is 3. The summed E-state index contributed by atoms with van der Waals surface area (Å²) in [6.07, 6.45) is 1.10. The molecule has 1 aromatic rings. The van der Waals surface area contributed by atoms with Gasteiger partial charge in [0.25, 0.3) is 0 Å². The van der Waals surface area contributed by atoms with Gasteiger partial charge in [0.2, 0.25) is 0 Å². The quantitative estimate of drug-likeness (QED) is 0.926. The van der Waals surface area contributed by atoms with Crippen molar-refractivity contribution in [3.8, 4) is 0 Å². The Kier molecular flexibility index (Phi) is 4.71. The van der Waals surface area contributed by atoms with E-state index in [4.69, 9.17) is 22.1 Å². The highest BCUT2D eigenvalue weighted by Gasteiger charge is 2.25. The number of hydrogen-bond acceptors (Lipinski definition) is 3. The summed E-state index contributed by atoms with van der Waals surface area (Å²) < 4.78 is 5.69. The minimum Gasteiger partial charge on any atom is -0.375 e. The van der Waals surface area contributed by atoms with Crippen LogP contribution in [0, 0.1) is 0 Å². The lowest BCUT2D eigenvalue weighted by atomic mass is 10.0. The molecule has 0 radical (unpaired) electrons. The van der Waals surface area contributed by atoms with E-state index in [1.54, 1.807) is 0 Å². The van der Waals surface area contributed by atoms with Gasteiger partial charge < -0.3 is 15.4 Å². The third-order valence-corrected chi connectivity index (χ3v) is 3.74. The molecule has 0 saturated carbocycles. The summed E-state index contributed by atoms with van der Waals surface area (Å²) in [6, 6.07) is 6.60. The predicted octanol–water partition coefficient (Wildman–Crippen LogP) is 2.84. The van der Waals surface area contributed by atoms with Crippen molar-refractivity contribution in [3.05, 3.63) is 28.8 Å². The molecule has 1 fully saturated rings. The molecule has 4 heteroatoms. The summed E-state index contributed by atoms with van der Waals surface area (Å²) in [6.45, 7) is 8.00. The highest BCUT2D eigenvalue weighted by molar-refractivity contribution is 6.30. The molecule has 0 spiro atoms. The zero-order chi connectivity index (χ0) is 14.0. The van der Waals surface area contributed by atoms with Crippen LogP contribution in [-0.2, 0) is 11.2 Å². The van der Waals surface area contributed by atoms with E-state index in [1.807, 2.05) is 19.1 Å². The van der Waals surface area contributed by atoms with Gasteiger partial charge in [-0.25, -0.2) is 0 Å². The van der Waals surface area contributed by atoms with Crippen molar-refractivity contribution in [2.45, 2.75) is 45.4 Å². The van der Waals surface area contributed by atoms with E-state index in [9.17, 15) is 0 Å². The Morgan fingerprint density at radius 1 is 1.47 bits per heavy atom. The van der Waals surface area contributed by atoms with Crippen LogP contribution in [0.2, 0.25) is 5.02 Å². The molecule has 1 heterocycles. The highest BCUT2D eigenvalue weighted by Crippen LogP contribution is 2.29. The average Bonchev–Trinajstić information content (AvgIpc) is 2.32. The summed E-state index contributed by atoms with van der Waals surface area (Å²) in [7, 11) is 0. The van der Waals surface area contributed by atoms with E-state index in [-0.39, 0.29) is 12.1 Å². The maximum Gasteiger partial charge on any atom is 0.0723 e. The van der Waals surface area contributed by atoms with Crippen LogP contribution < -0.4 is 10.6 Å². The number of anilines is 1. The first kappa shape index (κ1) is 14.6. The second kappa shape index (κ2) is 6.12. The monoisotopic (exact) mass is 282 g/mol. The first-order chi connectivity index (χ1) is 8.97. The van der Waals surface area contributed by atoms with Crippen LogP contribution in [0.15, 0.2) is 18.2 Å². The van der Waals surface area contributed by atoms with Crippen molar-refractivity contribution in [1.82, 2.24) is 0 Å². The molecule has 3 atom stereocenters. The van der Waals surface area contributed by atoms with Crippen LogP contribution in [0.25, 0.3) is 0 Å². The lowest BCUT2D eigenvalue weighted by Gasteiger charge is -2.39. The normalized spacial score (nSPS) is 25.4. The zero-order valence-corrected chi connectivity index (χ0v) is 12.7. The minimum absolute atomic E-state index is 0.131. The van der Waals surface area contributed by atoms with Gasteiger partial charge in [-0.2, -0.15) is 0 Å². The number of halogens is 1. The molecule has 1 saturated heterocycles. The Balaban J connectivity index is 2.31. The number of hydrogen-bond donors (Lipinski definition) is 1. The highest BCUT2D eigenvalue weighted by atomic mass is 35.5. The summed E-state index contributed by atoms with van der Waals surface area (Å²) in [5, 5.41) is 0.772. The first-order valence-corrected chi connectivity index (χ1v) is 7.27. The van der Waals surface area contributed by atoms with E-state index in [1.165, 1.54) is 11.3 Å². The van der Waals surface area contributed by atoms with Gasteiger partial charge in [0.15, 0.2) is 0 Å². The Labute approximate surface area is 120 Å². The van der Waals surface area contributed by atoms with Crippen LogP contribution >= 0.6 is 11.6 Å². The Hall–Kier alpha value is -0.770. The molecule has 2 rings (SSSR count). The van der Waals surface area contributed by atoms with E-state index in [0.29, 0.717) is 6.04 Å². The molecule has 1 aliphatic heterocycles. The second-order valence-corrected chi connectivity index (χ2v) is 6.04. The Morgan fingerprint density at radius 3 is 2.89 bits per heavy atom. The number of nitrogens with zero attached hydrogens (tertiary/aromatic N) is 1. The third kappa shape index (κ3) is 3.62. The standard InChI is InChI=1S/C15H23ClN2O/c1-10(17)6-13-7-14(16)4-5-15(13)18-8-12(3)19-9-11(18)2/h4-5,7,10-12H,6,8-9,17H2,1-3H3. The molecular weight excluding hydrogens is 260 g/mol. The molecule has 3 nitrogen and oxygen atoms in total. The van der Waals surface area contributed by atoms with Crippen molar-refractivity contribution in [2.24, 2.45) is 5.73 Å². The van der Waals surface area contributed by atoms with Crippen molar-refractivity contribution in [3.63, 3.8) is 0 Å². The summed E-state index contributed by atoms with van der Waals surface area (Å²) in [5.41, 5.74) is 8.41. The molecule has 1 aromatic carbocycles. The summed E-state index contributed by atoms with van der Waals surface area (Å²) in [5.74, 6) is 0. The van der Waals surface area contributed by atoms with Crippen molar-refractivity contribution < 1.29 is 4.74 Å². The fourth-order valence-corrected chi connectivity index (χ4v) is 2.78. The van der Waals surface area contributed by atoms with Crippen molar-refractivity contribution >= 4 is 17.3 Å². The molecule has 0 aliphatic carbocycles. The van der Waals surface area contributed by atoms with Gasteiger partial charge in [-0.1, -0.05) is 11.6 Å². The van der Waals surface area contributed by atoms with Crippen LogP contribution in [0.1, 0.15) is 26.3 Å². The molecule has 0 amide bonds. The van der Waals surface area contributed by atoms with E-state index in [2.05, 4.69) is 24.8 Å². The maximum atomic E-state index is 6.12. The largest absolute Gasteiger partial charge is 0.375 e. The summed E-state index contributed by atoms with van der Waals surface area (Å²) >= 11 is 6.12. The van der Waals surface area contributed by atoms with Gasteiger partial charge >= 0.3 is 0 Å². The van der Waals surface area contributed by atoms with Crippen LogP contribution in [-0.4, -0.2) is 31.3 Å². The molecule has 0 aromatic heterocycles. The van der Waals surface area contributed by atoms with E-state index in [0.717, 1.165) is 24.6 Å². The van der Waals surface area contributed by atoms with Crippen molar-refractivity contribution in [1.29, 1.82) is 0 Å². The Morgan fingerprint density at radius 2 is 2.21 bits per heavy atom. The lowest BCUT2D eigenvalue weighted by molar-refractivity contribution is 0.0343. The zero-order valence-electron chi connectivity index (χ0n) is 11.9. The van der Waals surface area contributed by atoms with Gasteiger partial charge in [0.05, 0.1) is 12.7 Å². The molecule has 1 aliphatic rings. The van der Waals surface area contributed by atoms with Gasteiger partial charge in [-0.15, -0.1) is 0 Å². The maximum absolute atomic E-state index is 6.12. The molecular formula is C15H23ClN2O. The van der Waals surface area contributed by atoms with Crippen molar-refractivity contribution in [2.75, 3.05) is 18.1 Å². The smallest absolute Gasteiger partial charge is 0.0723 e. The number of benzene rings is 1. The predicted molar refractivity (Wildman–Crippen MR) is 81.0 cm³/mol. The number of ether oxygens (including phenoxy) is 1. The first-order valence-electron chi connectivity index (χ1n) is 6.89. The molecule has 0 bridgehead atoms. The SMILES string of the molecule is CC(N)Cc1cc(Cl)ccc1N1CC(C)OCC1C. The minimum atomic E-state index is 0.131. The van der Waals surface area contributed by atoms with Gasteiger partial charge in [0, 0.05) is 29.3 Å².